The van der Waals surface area contributed by atoms with Crippen LogP contribution in [0.25, 0.3) is 0 Å². The Balaban J connectivity index is 2.21. The molecule has 2 rings (SSSR count). The maximum atomic E-state index is 12.5. The van der Waals surface area contributed by atoms with Gasteiger partial charge in [-0.1, -0.05) is 18.2 Å². The molecule has 1 aliphatic rings. The molecule has 1 unspecified atom stereocenters. The first-order valence-corrected chi connectivity index (χ1v) is 7.70. The number of benzene rings is 1. The Morgan fingerprint density at radius 2 is 2.11 bits per heavy atom. The molecule has 100 valence electrons. The number of sulfonamides is 1. The summed E-state index contributed by atoms with van der Waals surface area (Å²) in [5, 5.41) is 3.11. The molecule has 0 bridgehead atoms. The van der Waals surface area contributed by atoms with Gasteiger partial charge in [0, 0.05) is 13.1 Å². The highest BCUT2D eigenvalue weighted by Gasteiger charge is 2.32. The van der Waals surface area contributed by atoms with Gasteiger partial charge in [0.05, 0.1) is 4.90 Å². The molecule has 0 saturated carbocycles. The number of nitrogens with zero attached hydrogens (tertiary/aromatic N) is 1. The van der Waals surface area contributed by atoms with Crippen LogP contribution in [0.4, 0.5) is 0 Å². The van der Waals surface area contributed by atoms with E-state index in [0.29, 0.717) is 23.9 Å². The van der Waals surface area contributed by atoms with Crippen LogP contribution in [0.5, 0.6) is 0 Å². The normalized spacial score (nSPS) is 21.3. The smallest absolute Gasteiger partial charge is 0.243 e. The maximum absolute atomic E-state index is 12.5. The van der Waals surface area contributed by atoms with E-state index in [1.807, 2.05) is 26.1 Å². The molecule has 5 heteroatoms. The number of aryl methyl sites for hydroxylation is 1. The van der Waals surface area contributed by atoms with Gasteiger partial charge in [0.2, 0.25) is 10.0 Å². The first-order valence-electron chi connectivity index (χ1n) is 6.26. The predicted molar refractivity (Wildman–Crippen MR) is 72.0 cm³/mol. The number of nitrogens with one attached hydrogen (secondary N) is 1. The van der Waals surface area contributed by atoms with E-state index in [0.717, 1.165) is 18.5 Å². The minimum absolute atomic E-state index is 0.425. The van der Waals surface area contributed by atoms with Crippen LogP contribution in [0.2, 0.25) is 0 Å². The van der Waals surface area contributed by atoms with E-state index in [1.165, 1.54) is 0 Å². The van der Waals surface area contributed by atoms with Gasteiger partial charge in [-0.2, -0.15) is 4.31 Å². The SMILES string of the molecule is CNCC1CCN(S(=O)(=O)c2ccccc2C)C1. The third-order valence-electron chi connectivity index (χ3n) is 3.45. The standard InChI is InChI=1S/C13H20N2O2S/c1-11-5-3-4-6-13(11)18(16,17)15-8-7-12(10-15)9-14-2/h3-6,12,14H,7-10H2,1-2H3. The summed E-state index contributed by atoms with van der Waals surface area (Å²) < 4.78 is 26.6. The van der Waals surface area contributed by atoms with Gasteiger partial charge >= 0.3 is 0 Å². The van der Waals surface area contributed by atoms with Gasteiger partial charge in [-0.15, -0.1) is 0 Å². The molecule has 1 aromatic carbocycles. The Kier molecular flexibility index (Phi) is 4.04. The van der Waals surface area contributed by atoms with Gasteiger partial charge in [0.25, 0.3) is 0 Å². The lowest BCUT2D eigenvalue weighted by Crippen LogP contribution is -2.30. The molecule has 1 fully saturated rings. The van der Waals surface area contributed by atoms with Crippen molar-refractivity contribution in [1.29, 1.82) is 0 Å². The third-order valence-corrected chi connectivity index (χ3v) is 5.48. The summed E-state index contributed by atoms with van der Waals surface area (Å²) in [5.74, 6) is 0.425. The van der Waals surface area contributed by atoms with Crippen LogP contribution in [0.15, 0.2) is 29.2 Å². The van der Waals surface area contributed by atoms with Gasteiger partial charge in [-0.25, -0.2) is 8.42 Å². The average Bonchev–Trinajstić information content (AvgIpc) is 2.79. The molecule has 1 aliphatic heterocycles. The van der Waals surface area contributed by atoms with Crippen LogP contribution < -0.4 is 5.32 Å². The van der Waals surface area contributed by atoms with E-state index in [2.05, 4.69) is 5.32 Å². The zero-order valence-corrected chi connectivity index (χ0v) is 11.7. The molecule has 1 heterocycles. The van der Waals surface area contributed by atoms with E-state index in [-0.39, 0.29) is 0 Å². The zero-order chi connectivity index (χ0) is 13.2. The molecule has 0 amide bonds. The molecule has 1 saturated heterocycles. The third kappa shape index (κ3) is 2.58. The fraction of sp³-hybridized carbons (Fsp3) is 0.538. The number of rotatable bonds is 4. The van der Waals surface area contributed by atoms with Crippen LogP contribution in [-0.2, 0) is 10.0 Å². The summed E-state index contributed by atoms with van der Waals surface area (Å²) in [6.07, 6.45) is 0.936. The summed E-state index contributed by atoms with van der Waals surface area (Å²) in [4.78, 5) is 0.440. The lowest BCUT2D eigenvalue weighted by molar-refractivity contribution is 0.451. The van der Waals surface area contributed by atoms with Crippen LogP contribution in [0, 0.1) is 12.8 Å². The Bertz CT molecular complexity index is 513. The minimum atomic E-state index is -3.32. The van der Waals surface area contributed by atoms with Crippen molar-refractivity contribution < 1.29 is 8.42 Å². The summed E-state index contributed by atoms with van der Waals surface area (Å²) in [5.41, 5.74) is 0.814. The van der Waals surface area contributed by atoms with E-state index in [4.69, 9.17) is 0 Å². The maximum Gasteiger partial charge on any atom is 0.243 e. The molecule has 1 N–H and O–H groups in total. The Hall–Kier alpha value is -0.910. The second kappa shape index (κ2) is 5.38. The summed E-state index contributed by atoms with van der Waals surface area (Å²) in [6.45, 7) is 3.97. The lowest BCUT2D eigenvalue weighted by Gasteiger charge is -2.18. The second-order valence-corrected chi connectivity index (χ2v) is 6.75. The molecule has 0 radical (unpaired) electrons. The average molecular weight is 268 g/mol. The Morgan fingerprint density at radius 3 is 2.78 bits per heavy atom. The Labute approximate surface area is 109 Å². The molecule has 0 aromatic heterocycles. The van der Waals surface area contributed by atoms with Crippen molar-refractivity contribution >= 4 is 10.0 Å². The molecule has 1 aromatic rings. The van der Waals surface area contributed by atoms with E-state index in [9.17, 15) is 8.42 Å². The predicted octanol–water partition coefficient (Wildman–Crippen LogP) is 1.23. The van der Waals surface area contributed by atoms with Crippen molar-refractivity contribution in [2.24, 2.45) is 5.92 Å². The van der Waals surface area contributed by atoms with Crippen LogP contribution in [-0.4, -0.2) is 39.4 Å². The van der Waals surface area contributed by atoms with Crippen LogP contribution in [0.3, 0.4) is 0 Å². The van der Waals surface area contributed by atoms with Crippen molar-refractivity contribution in [2.45, 2.75) is 18.2 Å². The summed E-state index contributed by atoms with van der Waals surface area (Å²) in [6, 6.07) is 7.17. The van der Waals surface area contributed by atoms with Crippen molar-refractivity contribution in [3.05, 3.63) is 29.8 Å². The number of hydrogen-bond acceptors (Lipinski definition) is 3. The van der Waals surface area contributed by atoms with Gasteiger partial charge in [-0.05, 0) is 44.5 Å². The summed E-state index contributed by atoms with van der Waals surface area (Å²) >= 11 is 0. The first-order chi connectivity index (χ1) is 8.55. The van der Waals surface area contributed by atoms with E-state index in [1.54, 1.807) is 16.4 Å². The highest BCUT2D eigenvalue weighted by Crippen LogP contribution is 2.25. The molecule has 1 atom stereocenters. The van der Waals surface area contributed by atoms with Crippen molar-refractivity contribution in [3.8, 4) is 0 Å². The zero-order valence-electron chi connectivity index (χ0n) is 10.9. The second-order valence-electron chi connectivity index (χ2n) is 4.84. The van der Waals surface area contributed by atoms with Crippen molar-refractivity contribution in [2.75, 3.05) is 26.7 Å². The van der Waals surface area contributed by atoms with E-state index < -0.39 is 10.0 Å². The molecule has 18 heavy (non-hydrogen) atoms. The largest absolute Gasteiger partial charge is 0.319 e. The number of hydrogen-bond donors (Lipinski definition) is 1. The molecular formula is C13H20N2O2S. The van der Waals surface area contributed by atoms with Crippen molar-refractivity contribution in [1.82, 2.24) is 9.62 Å². The van der Waals surface area contributed by atoms with Gasteiger partial charge < -0.3 is 5.32 Å². The molecule has 0 spiro atoms. The van der Waals surface area contributed by atoms with Gasteiger partial charge in [-0.3, -0.25) is 0 Å². The first kappa shape index (κ1) is 13.5. The monoisotopic (exact) mass is 268 g/mol. The van der Waals surface area contributed by atoms with Crippen LogP contribution in [0.1, 0.15) is 12.0 Å². The molecule has 4 nitrogen and oxygen atoms in total. The fourth-order valence-corrected chi connectivity index (χ4v) is 4.21. The van der Waals surface area contributed by atoms with Gasteiger partial charge in [0.1, 0.15) is 0 Å². The highest BCUT2D eigenvalue weighted by molar-refractivity contribution is 7.89. The minimum Gasteiger partial charge on any atom is -0.319 e. The topological polar surface area (TPSA) is 49.4 Å². The lowest BCUT2D eigenvalue weighted by atomic mass is 10.1. The van der Waals surface area contributed by atoms with Gasteiger partial charge in [0.15, 0.2) is 0 Å². The van der Waals surface area contributed by atoms with E-state index >= 15 is 0 Å². The molecular weight excluding hydrogens is 248 g/mol. The van der Waals surface area contributed by atoms with Crippen LogP contribution >= 0.6 is 0 Å². The molecule has 0 aliphatic carbocycles. The van der Waals surface area contributed by atoms with Crippen molar-refractivity contribution in [3.63, 3.8) is 0 Å². The quantitative estimate of drug-likeness (QED) is 0.893. The summed E-state index contributed by atoms with van der Waals surface area (Å²) in [7, 11) is -1.41. The Morgan fingerprint density at radius 1 is 1.39 bits per heavy atom. The fourth-order valence-electron chi connectivity index (χ4n) is 2.46. The highest BCUT2D eigenvalue weighted by atomic mass is 32.2.